The van der Waals surface area contributed by atoms with Gasteiger partial charge in [0.25, 0.3) is 0 Å². The van der Waals surface area contributed by atoms with Crippen molar-refractivity contribution >= 4 is 5.95 Å². The molecule has 4 aliphatic carbocycles. The van der Waals surface area contributed by atoms with Crippen LogP contribution in [0.1, 0.15) is 44.3 Å². The summed E-state index contributed by atoms with van der Waals surface area (Å²) in [5.41, 5.74) is 6.45. The highest BCUT2D eigenvalue weighted by atomic mass is 15.4. The first-order chi connectivity index (χ1) is 9.72. The molecule has 20 heavy (non-hydrogen) atoms. The molecule has 0 saturated heterocycles. The normalized spacial score (nSPS) is 45.2. The van der Waals surface area contributed by atoms with E-state index in [2.05, 4.69) is 20.1 Å². The van der Waals surface area contributed by atoms with Gasteiger partial charge in [-0.1, -0.05) is 0 Å². The van der Waals surface area contributed by atoms with E-state index in [-0.39, 0.29) is 6.04 Å². The third-order valence-corrected chi connectivity index (χ3v) is 6.20. The van der Waals surface area contributed by atoms with Gasteiger partial charge in [-0.15, -0.1) is 10.2 Å². The maximum Gasteiger partial charge on any atom is 0.224 e. The molecule has 1 unspecified atom stereocenters. The SMILES string of the molecule is NC1CNc2nnc(C34CC5CC(CC(C5)C3)C4)n2C1. The number of hydrogen-bond acceptors (Lipinski definition) is 4. The van der Waals surface area contributed by atoms with Crippen LogP contribution in [0.25, 0.3) is 0 Å². The van der Waals surface area contributed by atoms with Gasteiger partial charge in [0.15, 0.2) is 0 Å². The highest BCUT2D eigenvalue weighted by Gasteiger charge is 2.54. The first-order valence-electron chi connectivity index (χ1n) is 8.15. The fourth-order valence-electron chi connectivity index (χ4n) is 5.91. The Morgan fingerprint density at radius 2 is 1.70 bits per heavy atom. The van der Waals surface area contributed by atoms with Crippen LogP contribution in [0.15, 0.2) is 0 Å². The van der Waals surface area contributed by atoms with Crippen LogP contribution in [-0.4, -0.2) is 27.4 Å². The van der Waals surface area contributed by atoms with Gasteiger partial charge < -0.3 is 11.1 Å². The van der Waals surface area contributed by atoms with Gasteiger partial charge in [-0.3, -0.25) is 4.57 Å². The zero-order valence-electron chi connectivity index (χ0n) is 11.9. The minimum absolute atomic E-state index is 0.186. The Hall–Kier alpha value is -1.10. The van der Waals surface area contributed by atoms with Crippen molar-refractivity contribution in [1.82, 2.24) is 14.8 Å². The van der Waals surface area contributed by atoms with Gasteiger partial charge in [0.05, 0.1) is 0 Å². The van der Waals surface area contributed by atoms with E-state index in [0.717, 1.165) is 36.8 Å². The molecule has 0 spiro atoms. The van der Waals surface area contributed by atoms with Crippen molar-refractivity contribution in [3.05, 3.63) is 5.82 Å². The third-order valence-electron chi connectivity index (χ3n) is 6.20. The highest BCUT2D eigenvalue weighted by Crippen LogP contribution is 2.60. The molecule has 1 aromatic heterocycles. The molecule has 0 amide bonds. The predicted molar refractivity (Wildman–Crippen MR) is 76.3 cm³/mol. The van der Waals surface area contributed by atoms with Gasteiger partial charge >= 0.3 is 0 Å². The molecule has 5 heteroatoms. The molecule has 5 aliphatic rings. The van der Waals surface area contributed by atoms with E-state index in [9.17, 15) is 0 Å². The Bertz CT molecular complexity index is 513. The standard InChI is InChI=1S/C15H23N5/c16-12-7-17-14-19-18-13(20(14)8-12)15-4-9-1-10(5-15)3-11(2-9)6-15/h9-12H,1-8,16H2,(H,17,19). The van der Waals surface area contributed by atoms with Crippen LogP contribution in [-0.2, 0) is 12.0 Å². The zero-order chi connectivity index (χ0) is 13.3. The Balaban J connectivity index is 1.58. The molecule has 108 valence electrons. The summed E-state index contributed by atoms with van der Waals surface area (Å²) in [4.78, 5) is 0. The smallest absolute Gasteiger partial charge is 0.224 e. The largest absolute Gasteiger partial charge is 0.353 e. The topological polar surface area (TPSA) is 68.8 Å². The molecule has 4 fully saturated rings. The van der Waals surface area contributed by atoms with Gasteiger partial charge in [0, 0.05) is 24.5 Å². The van der Waals surface area contributed by atoms with E-state index in [4.69, 9.17) is 5.73 Å². The second-order valence-electron chi connectivity index (χ2n) is 7.80. The molecule has 5 nitrogen and oxygen atoms in total. The molecule has 0 aromatic carbocycles. The van der Waals surface area contributed by atoms with E-state index in [1.54, 1.807) is 0 Å². The lowest BCUT2D eigenvalue weighted by molar-refractivity contribution is -0.0112. The lowest BCUT2D eigenvalue weighted by atomic mass is 9.49. The Morgan fingerprint density at radius 3 is 2.35 bits per heavy atom. The summed E-state index contributed by atoms with van der Waals surface area (Å²) in [6.45, 7) is 1.70. The monoisotopic (exact) mass is 273 g/mol. The minimum atomic E-state index is 0.186. The first-order valence-corrected chi connectivity index (χ1v) is 8.15. The van der Waals surface area contributed by atoms with Gasteiger partial charge in [-0.2, -0.15) is 0 Å². The molecule has 3 N–H and O–H groups in total. The van der Waals surface area contributed by atoms with Gasteiger partial charge in [-0.05, 0) is 56.3 Å². The number of rotatable bonds is 1. The fourth-order valence-corrected chi connectivity index (χ4v) is 5.91. The minimum Gasteiger partial charge on any atom is -0.353 e. The van der Waals surface area contributed by atoms with Gasteiger partial charge in [0.1, 0.15) is 5.82 Å². The lowest BCUT2D eigenvalue weighted by Crippen LogP contribution is -2.50. The van der Waals surface area contributed by atoms with Crippen molar-refractivity contribution in [1.29, 1.82) is 0 Å². The van der Waals surface area contributed by atoms with Gasteiger partial charge in [0.2, 0.25) is 5.95 Å². The summed E-state index contributed by atoms with van der Waals surface area (Å²) in [6.07, 6.45) is 8.43. The summed E-state index contributed by atoms with van der Waals surface area (Å²) >= 11 is 0. The Kier molecular flexibility index (Phi) is 2.17. The van der Waals surface area contributed by atoms with Crippen LogP contribution in [0.3, 0.4) is 0 Å². The lowest BCUT2D eigenvalue weighted by Gasteiger charge is -2.56. The molecular weight excluding hydrogens is 250 g/mol. The number of nitrogens with two attached hydrogens (primary N) is 1. The third kappa shape index (κ3) is 1.47. The molecule has 1 aliphatic heterocycles. The molecule has 1 atom stereocenters. The average Bonchev–Trinajstić information content (AvgIpc) is 2.80. The summed E-state index contributed by atoms with van der Waals surface area (Å²) in [7, 11) is 0. The number of fused-ring (bicyclic) bond motifs is 1. The van der Waals surface area contributed by atoms with Crippen molar-refractivity contribution in [2.24, 2.45) is 23.5 Å². The van der Waals surface area contributed by atoms with E-state index < -0.39 is 0 Å². The number of nitrogens with zero attached hydrogens (tertiary/aromatic N) is 3. The molecule has 2 heterocycles. The molecule has 4 bridgehead atoms. The van der Waals surface area contributed by atoms with Crippen LogP contribution in [0, 0.1) is 17.8 Å². The second kappa shape index (κ2) is 3.75. The second-order valence-corrected chi connectivity index (χ2v) is 7.80. The molecule has 0 radical (unpaired) electrons. The van der Waals surface area contributed by atoms with Crippen molar-refractivity contribution < 1.29 is 0 Å². The highest BCUT2D eigenvalue weighted by molar-refractivity contribution is 5.32. The van der Waals surface area contributed by atoms with Crippen LogP contribution in [0.5, 0.6) is 0 Å². The number of aromatic nitrogens is 3. The van der Waals surface area contributed by atoms with Crippen LogP contribution in [0.4, 0.5) is 5.95 Å². The Morgan fingerprint density at radius 1 is 1.05 bits per heavy atom. The average molecular weight is 273 g/mol. The van der Waals surface area contributed by atoms with E-state index in [1.165, 1.54) is 44.3 Å². The predicted octanol–water partition coefficient (Wildman–Crippen LogP) is 1.50. The number of anilines is 1. The quantitative estimate of drug-likeness (QED) is 0.813. The molecule has 1 aromatic rings. The van der Waals surface area contributed by atoms with E-state index in [1.807, 2.05) is 0 Å². The maximum absolute atomic E-state index is 6.13. The summed E-state index contributed by atoms with van der Waals surface area (Å²) in [5, 5.41) is 12.3. The molecule has 6 rings (SSSR count). The summed E-state index contributed by atoms with van der Waals surface area (Å²) in [6, 6.07) is 0.186. The van der Waals surface area contributed by atoms with Crippen LogP contribution < -0.4 is 11.1 Å². The fraction of sp³-hybridized carbons (Fsp3) is 0.867. The van der Waals surface area contributed by atoms with Crippen molar-refractivity contribution in [3.8, 4) is 0 Å². The van der Waals surface area contributed by atoms with Crippen molar-refractivity contribution in [2.45, 2.75) is 56.5 Å². The number of nitrogens with one attached hydrogen (secondary N) is 1. The van der Waals surface area contributed by atoms with E-state index in [0.29, 0.717) is 5.41 Å². The van der Waals surface area contributed by atoms with Crippen molar-refractivity contribution in [3.63, 3.8) is 0 Å². The van der Waals surface area contributed by atoms with E-state index >= 15 is 0 Å². The van der Waals surface area contributed by atoms with Crippen LogP contribution in [0.2, 0.25) is 0 Å². The maximum atomic E-state index is 6.13. The summed E-state index contributed by atoms with van der Waals surface area (Å²) < 4.78 is 2.29. The number of hydrogen-bond donors (Lipinski definition) is 2. The van der Waals surface area contributed by atoms with Crippen molar-refractivity contribution in [2.75, 3.05) is 11.9 Å². The molecule has 4 saturated carbocycles. The van der Waals surface area contributed by atoms with Crippen LogP contribution >= 0.6 is 0 Å². The molecular formula is C15H23N5. The first kappa shape index (κ1) is 11.5. The zero-order valence-corrected chi connectivity index (χ0v) is 11.9. The Labute approximate surface area is 119 Å². The van der Waals surface area contributed by atoms with Gasteiger partial charge in [-0.25, -0.2) is 0 Å². The summed E-state index contributed by atoms with van der Waals surface area (Å²) in [5.74, 6) is 5.02.